The quantitative estimate of drug-likeness (QED) is 0.598. The maximum atomic E-state index is 8.50. The van der Waals surface area contributed by atoms with Gasteiger partial charge >= 0.3 is 0 Å². The predicted molar refractivity (Wildman–Crippen MR) is 81.2 cm³/mol. The van der Waals surface area contributed by atoms with Crippen LogP contribution in [0.1, 0.15) is 5.56 Å². The Bertz CT molecular complexity index is 386. The zero-order chi connectivity index (χ0) is 15.3. The second kappa shape index (κ2) is 11.8. The molecule has 21 heavy (non-hydrogen) atoms. The number of hydrogen-bond acceptors (Lipinski definition) is 5. The highest BCUT2D eigenvalue weighted by Gasteiger charge is 2.01. The summed E-state index contributed by atoms with van der Waals surface area (Å²) in [4.78, 5) is 0. The van der Waals surface area contributed by atoms with E-state index in [2.05, 4.69) is 0 Å². The Morgan fingerprint density at radius 2 is 1.48 bits per heavy atom. The van der Waals surface area contributed by atoms with Gasteiger partial charge in [0.05, 0.1) is 51.3 Å². The number of hydrogen-bond donors (Lipinski definition) is 1. The van der Waals surface area contributed by atoms with Crippen molar-refractivity contribution in [2.75, 3.05) is 52.9 Å². The molecular formula is C15H23ClO5. The van der Waals surface area contributed by atoms with Gasteiger partial charge in [0.15, 0.2) is 0 Å². The second-order valence-electron chi connectivity index (χ2n) is 4.34. The van der Waals surface area contributed by atoms with E-state index in [0.29, 0.717) is 57.0 Å². The van der Waals surface area contributed by atoms with E-state index in [4.69, 9.17) is 35.7 Å². The van der Waals surface area contributed by atoms with Gasteiger partial charge in [0, 0.05) is 0 Å². The zero-order valence-electron chi connectivity index (χ0n) is 12.3. The molecule has 0 heterocycles. The van der Waals surface area contributed by atoms with E-state index in [-0.39, 0.29) is 6.61 Å². The highest BCUT2D eigenvalue weighted by atomic mass is 35.5. The maximum absolute atomic E-state index is 8.50. The Labute approximate surface area is 130 Å². The lowest BCUT2D eigenvalue weighted by atomic mass is 10.2. The largest absolute Gasteiger partial charge is 0.490 e. The molecule has 0 aliphatic carbocycles. The van der Waals surface area contributed by atoms with Crippen molar-refractivity contribution in [2.45, 2.75) is 6.92 Å². The maximum Gasteiger partial charge on any atom is 0.138 e. The molecule has 0 atom stereocenters. The molecule has 0 fully saturated rings. The van der Waals surface area contributed by atoms with Crippen molar-refractivity contribution in [3.63, 3.8) is 0 Å². The van der Waals surface area contributed by atoms with Crippen molar-refractivity contribution in [3.05, 3.63) is 28.8 Å². The predicted octanol–water partition coefficient (Wildman–Crippen LogP) is 2.07. The molecule has 0 saturated carbocycles. The fourth-order valence-corrected chi connectivity index (χ4v) is 1.83. The van der Waals surface area contributed by atoms with Crippen molar-refractivity contribution in [2.24, 2.45) is 0 Å². The van der Waals surface area contributed by atoms with Gasteiger partial charge in [-0.2, -0.15) is 0 Å². The van der Waals surface area contributed by atoms with Gasteiger partial charge in [-0.1, -0.05) is 17.7 Å². The lowest BCUT2D eigenvalue weighted by Gasteiger charge is -2.09. The summed E-state index contributed by atoms with van der Waals surface area (Å²) in [6.45, 7) is 5.28. The van der Waals surface area contributed by atoms with Crippen LogP contribution in [0.4, 0.5) is 0 Å². The van der Waals surface area contributed by atoms with Crippen molar-refractivity contribution >= 4 is 11.6 Å². The van der Waals surface area contributed by atoms with Gasteiger partial charge in [-0.25, -0.2) is 0 Å². The summed E-state index contributed by atoms with van der Waals surface area (Å²) in [6, 6.07) is 5.67. The molecule has 0 saturated heterocycles. The lowest BCUT2D eigenvalue weighted by Crippen LogP contribution is -2.13. The first-order valence-corrected chi connectivity index (χ1v) is 7.35. The van der Waals surface area contributed by atoms with Gasteiger partial charge in [0.1, 0.15) is 12.4 Å². The first-order valence-electron chi connectivity index (χ1n) is 6.97. The van der Waals surface area contributed by atoms with Crippen LogP contribution in [-0.4, -0.2) is 58.0 Å². The molecule has 120 valence electrons. The molecule has 0 aliphatic rings. The summed E-state index contributed by atoms with van der Waals surface area (Å²) in [5, 5.41) is 9.11. The van der Waals surface area contributed by atoms with Gasteiger partial charge in [0.2, 0.25) is 0 Å². The molecular weight excluding hydrogens is 296 g/mol. The monoisotopic (exact) mass is 318 g/mol. The average Bonchev–Trinajstić information content (AvgIpc) is 2.46. The SMILES string of the molecule is Cc1ccc(OCCOCCOCCOCCO)c(Cl)c1. The fourth-order valence-electron chi connectivity index (χ4n) is 1.54. The number of ether oxygens (including phenoxy) is 4. The highest BCUT2D eigenvalue weighted by molar-refractivity contribution is 6.32. The summed E-state index contributed by atoms with van der Waals surface area (Å²) in [5.74, 6) is 0.670. The Morgan fingerprint density at radius 1 is 0.905 bits per heavy atom. The number of aryl methyl sites for hydroxylation is 1. The normalized spacial score (nSPS) is 10.8. The van der Waals surface area contributed by atoms with Crippen LogP contribution in [0.5, 0.6) is 5.75 Å². The highest BCUT2D eigenvalue weighted by Crippen LogP contribution is 2.24. The van der Waals surface area contributed by atoms with Crippen molar-refractivity contribution in [1.29, 1.82) is 0 Å². The molecule has 0 amide bonds. The molecule has 0 aromatic heterocycles. The average molecular weight is 319 g/mol. The summed E-state index contributed by atoms with van der Waals surface area (Å²) in [7, 11) is 0. The van der Waals surface area contributed by atoms with Crippen LogP contribution >= 0.6 is 11.6 Å². The van der Waals surface area contributed by atoms with Gasteiger partial charge in [-0.15, -0.1) is 0 Å². The summed E-state index contributed by atoms with van der Waals surface area (Å²) in [6.07, 6.45) is 0. The van der Waals surface area contributed by atoms with Crippen LogP contribution in [0.15, 0.2) is 18.2 Å². The molecule has 0 bridgehead atoms. The van der Waals surface area contributed by atoms with Gasteiger partial charge in [-0.3, -0.25) is 0 Å². The topological polar surface area (TPSA) is 57.2 Å². The minimum atomic E-state index is 0.0358. The summed E-state index contributed by atoms with van der Waals surface area (Å²) < 4.78 is 21.2. The third kappa shape index (κ3) is 8.90. The minimum Gasteiger partial charge on any atom is -0.490 e. The van der Waals surface area contributed by atoms with E-state index < -0.39 is 0 Å². The van der Waals surface area contributed by atoms with Crippen molar-refractivity contribution < 1.29 is 24.1 Å². The molecule has 0 spiro atoms. The molecule has 0 unspecified atom stereocenters. The van der Waals surface area contributed by atoms with Crippen LogP contribution in [0.3, 0.4) is 0 Å². The summed E-state index contributed by atoms with van der Waals surface area (Å²) in [5.41, 5.74) is 1.10. The number of aliphatic hydroxyl groups is 1. The standard InChI is InChI=1S/C15H23ClO5/c1-13-2-3-15(14(16)12-13)21-11-10-20-9-8-19-7-6-18-5-4-17/h2-3,12,17H,4-11H2,1H3. The third-order valence-electron chi connectivity index (χ3n) is 2.55. The first-order chi connectivity index (χ1) is 10.2. The number of rotatable bonds is 12. The molecule has 1 aromatic carbocycles. The van der Waals surface area contributed by atoms with E-state index in [1.807, 2.05) is 25.1 Å². The third-order valence-corrected chi connectivity index (χ3v) is 2.85. The molecule has 0 aliphatic heterocycles. The second-order valence-corrected chi connectivity index (χ2v) is 4.75. The van der Waals surface area contributed by atoms with Gasteiger partial charge < -0.3 is 24.1 Å². The molecule has 5 nitrogen and oxygen atoms in total. The van der Waals surface area contributed by atoms with E-state index in [1.165, 1.54) is 0 Å². The van der Waals surface area contributed by atoms with E-state index >= 15 is 0 Å². The van der Waals surface area contributed by atoms with E-state index in [9.17, 15) is 0 Å². The van der Waals surface area contributed by atoms with Gasteiger partial charge in [0.25, 0.3) is 0 Å². The molecule has 1 rings (SSSR count). The number of aliphatic hydroxyl groups excluding tert-OH is 1. The van der Waals surface area contributed by atoms with Crippen LogP contribution in [0.2, 0.25) is 5.02 Å². The Hall–Kier alpha value is -0.850. The van der Waals surface area contributed by atoms with Crippen LogP contribution < -0.4 is 4.74 Å². The Balaban J connectivity index is 1.93. The van der Waals surface area contributed by atoms with Crippen LogP contribution in [0.25, 0.3) is 0 Å². The smallest absolute Gasteiger partial charge is 0.138 e. The van der Waals surface area contributed by atoms with E-state index in [1.54, 1.807) is 0 Å². The first kappa shape index (κ1) is 18.2. The Morgan fingerprint density at radius 3 is 2.05 bits per heavy atom. The van der Waals surface area contributed by atoms with Crippen LogP contribution in [0, 0.1) is 6.92 Å². The molecule has 6 heteroatoms. The Kier molecular flexibility index (Phi) is 10.2. The van der Waals surface area contributed by atoms with Crippen molar-refractivity contribution in [3.8, 4) is 5.75 Å². The summed E-state index contributed by atoms with van der Waals surface area (Å²) >= 11 is 6.05. The fraction of sp³-hybridized carbons (Fsp3) is 0.600. The molecule has 1 aromatic rings. The minimum absolute atomic E-state index is 0.0358. The molecule has 0 radical (unpaired) electrons. The molecule has 1 N–H and O–H groups in total. The van der Waals surface area contributed by atoms with Crippen molar-refractivity contribution in [1.82, 2.24) is 0 Å². The van der Waals surface area contributed by atoms with E-state index in [0.717, 1.165) is 5.56 Å². The lowest BCUT2D eigenvalue weighted by molar-refractivity contribution is 0.00361. The number of benzene rings is 1. The van der Waals surface area contributed by atoms with Gasteiger partial charge in [-0.05, 0) is 24.6 Å². The number of halogens is 1. The van der Waals surface area contributed by atoms with Crippen LogP contribution in [-0.2, 0) is 14.2 Å². The zero-order valence-corrected chi connectivity index (χ0v) is 13.1.